The molecule has 0 atom stereocenters. The minimum absolute atomic E-state index is 0.184. The number of amides is 1. The van der Waals surface area contributed by atoms with Gasteiger partial charge in [-0.25, -0.2) is 4.98 Å². The predicted molar refractivity (Wildman–Crippen MR) is 83.9 cm³/mol. The molecule has 1 heterocycles. The van der Waals surface area contributed by atoms with Gasteiger partial charge in [0, 0.05) is 21.7 Å². The number of benzene rings is 1. The molecule has 0 aliphatic carbocycles. The molecule has 1 aromatic heterocycles. The fraction of sp³-hybridized carbons (Fsp3) is 0.200. The summed E-state index contributed by atoms with van der Waals surface area (Å²) in [7, 11) is 0. The predicted octanol–water partition coefficient (Wildman–Crippen LogP) is 3.99. The SMILES string of the molecule is CCc1cc(Br)cc(C(=O)NCc2ccc(Cl)cc2)n1. The minimum atomic E-state index is -0.184. The Morgan fingerprint density at radius 3 is 2.65 bits per heavy atom. The smallest absolute Gasteiger partial charge is 0.270 e. The molecule has 0 saturated heterocycles. The van der Waals surface area contributed by atoms with Crippen LogP contribution in [0.3, 0.4) is 0 Å². The molecular formula is C15H14BrClN2O. The van der Waals surface area contributed by atoms with E-state index in [2.05, 4.69) is 26.2 Å². The molecule has 0 aliphatic rings. The maximum absolute atomic E-state index is 12.1. The standard InChI is InChI=1S/C15H14BrClN2O/c1-2-13-7-11(16)8-14(19-13)15(20)18-9-10-3-5-12(17)6-4-10/h3-8H,2,9H2,1H3,(H,18,20). The fourth-order valence-electron chi connectivity index (χ4n) is 1.72. The van der Waals surface area contributed by atoms with Crippen molar-refractivity contribution in [3.05, 3.63) is 62.8 Å². The number of hydrogen-bond acceptors (Lipinski definition) is 2. The zero-order valence-electron chi connectivity index (χ0n) is 11.0. The molecule has 104 valence electrons. The number of hydrogen-bond donors (Lipinski definition) is 1. The zero-order valence-corrected chi connectivity index (χ0v) is 13.3. The van der Waals surface area contributed by atoms with E-state index in [-0.39, 0.29) is 5.91 Å². The molecular weight excluding hydrogens is 340 g/mol. The Hall–Kier alpha value is -1.39. The van der Waals surface area contributed by atoms with E-state index >= 15 is 0 Å². The Balaban J connectivity index is 2.04. The molecule has 0 radical (unpaired) electrons. The van der Waals surface area contributed by atoms with Crippen LogP contribution in [-0.4, -0.2) is 10.9 Å². The fourth-order valence-corrected chi connectivity index (χ4v) is 2.33. The van der Waals surface area contributed by atoms with E-state index < -0.39 is 0 Å². The number of carbonyl (C=O) groups excluding carboxylic acids is 1. The van der Waals surface area contributed by atoms with Gasteiger partial charge in [0.1, 0.15) is 5.69 Å². The topological polar surface area (TPSA) is 42.0 Å². The lowest BCUT2D eigenvalue weighted by molar-refractivity contribution is 0.0945. The highest BCUT2D eigenvalue weighted by Crippen LogP contribution is 2.14. The summed E-state index contributed by atoms with van der Waals surface area (Å²) in [5.74, 6) is -0.184. The molecule has 1 amide bonds. The van der Waals surface area contributed by atoms with Crippen molar-refractivity contribution in [2.45, 2.75) is 19.9 Å². The lowest BCUT2D eigenvalue weighted by Crippen LogP contribution is -2.24. The Bertz CT molecular complexity index is 614. The Kier molecular flexibility index (Phi) is 5.15. The number of pyridine rings is 1. The molecule has 0 bridgehead atoms. The monoisotopic (exact) mass is 352 g/mol. The van der Waals surface area contributed by atoms with Crippen LogP contribution >= 0.6 is 27.5 Å². The first-order valence-electron chi connectivity index (χ1n) is 6.27. The van der Waals surface area contributed by atoms with Crippen LogP contribution in [0.5, 0.6) is 0 Å². The summed E-state index contributed by atoms with van der Waals surface area (Å²) in [5, 5.41) is 3.53. The average molecular weight is 354 g/mol. The normalized spacial score (nSPS) is 10.3. The van der Waals surface area contributed by atoms with Gasteiger partial charge in [0.2, 0.25) is 0 Å². The largest absolute Gasteiger partial charge is 0.347 e. The average Bonchev–Trinajstić information content (AvgIpc) is 2.45. The van der Waals surface area contributed by atoms with Crippen LogP contribution in [0, 0.1) is 0 Å². The second kappa shape index (κ2) is 6.86. The Labute approximate surface area is 131 Å². The highest BCUT2D eigenvalue weighted by molar-refractivity contribution is 9.10. The van der Waals surface area contributed by atoms with Crippen LogP contribution in [0.25, 0.3) is 0 Å². The molecule has 2 aromatic rings. The van der Waals surface area contributed by atoms with Crippen molar-refractivity contribution in [3.63, 3.8) is 0 Å². The van der Waals surface area contributed by atoms with Crippen molar-refractivity contribution in [1.29, 1.82) is 0 Å². The van der Waals surface area contributed by atoms with Crippen LogP contribution < -0.4 is 5.32 Å². The third-order valence-corrected chi connectivity index (χ3v) is 3.51. The maximum Gasteiger partial charge on any atom is 0.270 e. The van der Waals surface area contributed by atoms with Crippen LogP contribution in [0.2, 0.25) is 5.02 Å². The van der Waals surface area contributed by atoms with Crippen molar-refractivity contribution in [3.8, 4) is 0 Å². The Morgan fingerprint density at radius 2 is 2.00 bits per heavy atom. The summed E-state index contributed by atoms with van der Waals surface area (Å²) in [5.41, 5.74) is 2.30. The van der Waals surface area contributed by atoms with Gasteiger partial charge in [0.05, 0.1) is 0 Å². The molecule has 1 aromatic carbocycles. The van der Waals surface area contributed by atoms with E-state index in [9.17, 15) is 4.79 Å². The lowest BCUT2D eigenvalue weighted by atomic mass is 10.2. The summed E-state index contributed by atoms with van der Waals surface area (Å²) in [6, 6.07) is 11.0. The van der Waals surface area contributed by atoms with E-state index in [0.717, 1.165) is 22.2 Å². The van der Waals surface area contributed by atoms with Gasteiger partial charge in [-0.15, -0.1) is 0 Å². The molecule has 5 heteroatoms. The van der Waals surface area contributed by atoms with Gasteiger partial charge in [-0.3, -0.25) is 4.79 Å². The molecule has 2 rings (SSSR count). The van der Waals surface area contributed by atoms with Crippen LogP contribution in [-0.2, 0) is 13.0 Å². The minimum Gasteiger partial charge on any atom is -0.347 e. The van der Waals surface area contributed by atoms with Gasteiger partial charge in [-0.2, -0.15) is 0 Å². The summed E-state index contributed by atoms with van der Waals surface area (Å²) in [6.07, 6.45) is 0.789. The maximum atomic E-state index is 12.1. The molecule has 0 saturated carbocycles. The number of halogens is 2. The number of nitrogens with one attached hydrogen (secondary N) is 1. The second-order valence-corrected chi connectivity index (χ2v) is 5.68. The molecule has 1 N–H and O–H groups in total. The number of nitrogens with zero attached hydrogens (tertiary/aromatic N) is 1. The van der Waals surface area contributed by atoms with Gasteiger partial charge in [-0.05, 0) is 36.2 Å². The molecule has 20 heavy (non-hydrogen) atoms. The van der Waals surface area contributed by atoms with Gasteiger partial charge >= 0.3 is 0 Å². The number of rotatable bonds is 4. The van der Waals surface area contributed by atoms with E-state index in [1.165, 1.54) is 0 Å². The molecule has 0 unspecified atom stereocenters. The number of aromatic nitrogens is 1. The lowest BCUT2D eigenvalue weighted by Gasteiger charge is -2.07. The molecule has 0 fully saturated rings. The van der Waals surface area contributed by atoms with Crippen molar-refractivity contribution in [2.75, 3.05) is 0 Å². The first-order valence-corrected chi connectivity index (χ1v) is 7.44. The van der Waals surface area contributed by atoms with E-state index in [1.54, 1.807) is 18.2 Å². The summed E-state index contributed by atoms with van der Waals surface area (Å²) in [6.45, 7) is 2.45. The molecule has 0 aliphatic heterocycles. The van der Waals surface area contributed by atoms with Gasteiger partial charge < -0.3 is 5.32 Å². The zero-order chi connectivity index (χ0) is 14.5. The number of aryl methyl sites for hydroxylation is 1. The quantitative estimate of drug-likeness (QED) is 0.903. The van der Waals surface area contributed by atoms with Crippen LogP contribution in [0.4, 0.5) is 0 Å². The van der Waals surface area contributed by atoms with Crippen LogP contribution in [0.1, 0.15) is 28.7 Å². The molecule has 0 spiro atoms. The summed E-state index contributed by atoms with van der Waals surface area (Å²) in [4.78, 5) is 16.4. The van der Waals surface area contributed by atoms with Crippen molar-refractivity contribution in [1.82, 2.24) is 10.3 Å². The number of carbonyl (C=O) groups is 1. The highest BCUT2D eigenvalue weighted by Gasteiger charge is 2.09. The van der Waals surface area contributed by atoms with E-state index in [1.807, 2.05) is 25.1 Å². The van der Waals surface area contributed by atoms with E-state index in [4.69, 9.17) is 11.6 Å². The third kappa shape index (κ3) is 4.05. The first-order chi connectivity index (χ1) is 9.58. The first kappa shape index (κ1) is 15.0. The summed E-state index contributed by atoms with van der Waals surface area (Å²) < 4.78 is 0.862. The second-order valence-electron chi connectivity index (χ2n) is 4.32. The van der Waals surface area contributed by atoms with Crippen molar-refractivity contribution >= 4 is 33.4 Å². The summed E-state index contributed by atoms with van der Waals surface area (Å²) >= 11 is 9.21. The van der Waals surface area contributed by atoms with Crippen molar-refractivity contribution < 1.29 is 4.79 Å². The Morgan fingerprint density at radius 1 is 1.30 bits per heavy atom. The van der Waals surface area contributed by atoms with Gasteiger partial charge in [-0.1, -0.05) is 46.6 Å². The molecule has 3 nitrogen and oxygen atoms in total. The van der Waals surface area contributed by atoms with Gasteiger partial charge in [0.25, 0.3) is 5.91 Å². The van der Waals surface area contributed by atoms with Crippen molar-refractivity contribution in [2.24, 2.45) is 0 Å². The van der Waals surface area contributed by atoms with E-state index in [0.29, 0.717) is 17.3 Å². The van der Waals surface area contributed by atoms with Gasteiger partial charge in [0.15, 0.2) is 0 Å². The highest BCUT2D eigenvalue weighted by atomic mass is 79.9. The third-order valence-electron chi connectivity index (χ3n) is 2.80. The van der Waals surface area contributed by atoms with Crippen LogP contribution in [0.15, 0.2) is 40.9 Å².